The lowest BCUT2D eigenvalue weighted by atomic mass is 9.82. The minimum absolute atomic E-state index is 0.00224. The molecule has 0 saturated carbocycles. The van der Waals surface area contributed by atoms with Crippen molar-refractivity contribution in [2.45, 2.75) is 25.2 Å². The average molecular weight is 400 g/mol. The van der Waals surface area contributed by atoms with Crippen LogP contribution in [0.1, 0.15) is 40.2 Å². The van der Waals surface area contributed by atoms with E-state index in [4.69, 9.17) is 4.74 Å². The summed E-state index contributed by atoms with van der Waals surface area (Å²) < 4.78 is 5.12. The maximum absolute atomic E-state index is 12.8. The van der Waals surface area contributed by atoms with Crippen LogP contribution >= 0.6 is 0 Å². The van der Waals surface area contributed by atoms with Gasteiger partial charge in [-0.05, 0) is 78.9 Å². The topological polar surface area (TPSA) is 67.4 Å². The lowest BCUT2D eigenvalue weighted by Crippen LogP contribution is -2.24. The summed E-state index contributed by atoms with van der Waals surface area (Å²) in [5.74, 6) is 0.388. The van der Waals surface area contributed by atoms with E-state index >= 15 is 0 Å². The Morgan fingerprint density at radius 2 is 1.53 bits per heavy atom. The number of carbonyl (C=O) groups is 2. The van der Waals surface area contributed by atoms with Gasteiger partial charge in [-0.15, -0.1) is 0 Å². The summed E-state index contributed by atoms with van der Waals surface area (Å²) in [6.45, 7) is 0. The number of rotatable bonds is 5. The van der Waals surface area contributed by atoms with Gasteiger partial charge in [-0.3, -0.25) is 9.59 Å². The molecule has 0 radical (unpaired) electrons. The van der Waals surface area contributed by atoms with Crippen molar-refractivity contribution in [3.63, 3.8) is 0 Å². The third-order valence-corrected chi connectivity index (χ3v) is 5.45. The van der Waals surface area contributed by atoms with Crippen molar-refractivity contribution in [1.29, 1.82) is 0 Å². The maximum atomic E-state index is 12.8. The molecule has 30 heavy (non-hydrogen) atoms. The molecule has 0 bridgehead atoms. The van der Waals surface area contributed by atoms with E-state index in [0.717, 1.165) is 30.6 Å². The van der Waals surface area contributed by atoms with Crippen molar-refractivity contribution in [3.05, 3.63) is 89.5 Å². The van der Waals surface area contributed by atoms with E-state index in [0.29, 0.717) is 16.9 Å². The van der Waals surface area contributed by atoms with E-state index in [1.54, 1.807) is 55.6 Å². The molecule has 1 aliphatic carbocycles. The number of amides is 2. The summed E-state index contributed by atoms with van der Waals surface area (Å²) in [6, 6.07) is 22.2. The van der Waals surface area contributed by atoms with Gasteiger partial charge in [0.1, 0.15) is 5.75 Å². The Morgan fingerprint density at radius 1 is 0.867 bits per heavy atom. The van der Waals surface area contributed by atoms with E-state index in [1.807, 2.05) is 18.2 Å². The summed E-state index contributed by atoms with van der Waals surface area (Å²) in [4.78, 5) is 25.3. The minimum atomic E-state index is -0.209. The Labute approximate surface area is 176 Å². The van der Waals surface area contributed by atoms with Crippen molar-refractivity contribution in [1.82, 2.24) is 0 Å². The second-order valence-electron chi connectivity index (χ2n) is 7.39. The molecule has 4 rings (SSSR count). The first kappa shape index (κ1) is 19.7. The Kier molecular flexibility index (Phi) is 5.80. The summed E-state index contributed by atoms with van der Waals surface area (Å²) in [5.41, 5.74) is 4.27. The normalized spacial score (nSPS) is 15.0. The highest BCUT2D eigenvalue weighted by atomic mass is 16.5. The summed E-state index contributed by atoms with van der Waals surface area (Å²) in [5, 5.41) is 5.85. The molecule has 5 nitrogen and oxygen atoms in total. The van der Waals surface area contributed by atoms with Gasteiger partial charge in [0.2, 0.25) is 5.91 Å². The molecule has 1 atom stereocenters. The fraction of sp³-hybridized carbons (Fsp3) is 0.200. The van der Waals surface area contributed by atoms with Crippen LogP contribution in [0.3, 0.4) is 0 Å². The molecular formula is C25H24N2O3. The lowest BCUT2D eigenvalue weighted by Gasteiger charge is -2.24. The van der Waals surface area contributed by atoms with Crippen LogP contribution in [-0.4, -0.2) is 18.9 Å². The van der Waals surface area contributed by atoms with E-state index in [2.05, 4.69) is 16.7 Å². The number of aryl methyl sites for hydroxylation is 1. The third-order valence-electron chi connectivity index (χ3n) is 5.45. The Morgan fingerprint density at radius 3 is 2.27 bits per heavy atom. The van der Waals surface area contributed by atoms with Gasteiger partial charge in [0, 0.05) is 16.9 Å². The van der Waals surface area contributed by atoms with Crippen LogP contribution in [-0.2, 0) is 11.2 Å². The van der Waals surface area contributed by atoms with Gasteiger partial charge in [-0.25, -0.2) is 0 Å². The van der Waals surface area contributed by atoms with Crippen LogP contribution < -0.4 is 15.4 Å². The standard InChI is InChI=1S/C25H24N2O3/c1-30-21-15-13-20(14-16-21)26-24(28)18-9-11-19(12-10-18)27-25(29)23-8-4-6-17-5-2-3-7-22(17)23/h2-3,5,7,9-16,23H,4,6,8H2,1H3,(H,26,28)(H,27,29)/t23-/m0/s1. The summed E-state index contributed by atoms with van der Waals surface area (Å²) >= 11 is 0. The first-order chi connectivity index (χ1) is 14.6. The SMILES string of the molecule is COc1ccc(NC(=O)c2ccc(NC(=O)[C@H]3CCCc4ccccc43)cc2)cc1. The quantitative estimate of drug-likeness (QED) is 0.633. The summed E-state index contributed by atoms with van der Waals surface area (Å²) in [6.07, 6.45) is 2.89. The molecule has 1 aliphatic rings. The van der Waals surface area contributed by atoms with Gasteiger partial charge in [0.05, 0.1) is 13.0 Å². The molecule has 0 aromatic heterocycles. The highest BCUT2D eigenvalue weighted by Crippen LogP contribution is 2.32. The van der Waals surface area contributed by atoms with Crippen molar-refractivity contribution in [2.24, 2.45) is 0 Å². The second-order valence-corrected chi connectivity index (χ2v) is 7.39. The first-order valence-electron chi connectivity index (χ1n) is 10.1. The number of benzene rings is 3. The van der Waals surface area contributed by atoms with E-state index in [-0.39, 0.29) is 17.7 Å². The number of methoxy groups -OCH3 is 1. The fourth-order valence-electron chi connectivity index (χ4n) is 3.84. The van der Waals surface area contributed by atoms with E-state index < -0.39 is 0 Å². The number of ether oxygens (including phenoxy) is 1. The molecule has 0 fully saturated rings. The van der Waals surface area contributed by atoms with Gasteiger partial charge in [0.25, 0.3) is 5.91 Å². The molecule has 0 aliphatic heterocycles. The largest absolute Gasteiger partial charge is 0.497 e. The van der Waals surface area contributed by atoms with Gasteiger partial charge in [-0.2, -0.15) is 0 Å². The Bertz CT molecular complexity index is 1040. The van der Waals surface area contributed by atoms with Crippen molar-refractivity contribution in [3.8, 4) is 5.75 Å². The predicted molar refractivity (Wildman–Crippen MR) is 118 cm³/mol. The van der Waals surface area contributed by atoms with E-state index in [9.17, 15) is 9.59 Å². The van der Waals surface area contributed by atoms with Gasteiger partial charge < -0.3 is 15.4 Å². The number of hydrogen-bond donors (Lipinski definition) is 2. The fourth-order valence-corrected chi connectivity index (χ4v) is 3.84. The highest BCUT2D eigenvalue weighted by molar-refractivity contribution is 6.04. The van der Waals surface area contributed by atoms with Gasteiger partial charge >= 0.3 is 0 Å². The molecule has 2 amide bonds. The molecule has 3 aromatic rings. The first-order valence-corrected chi connectivity index (χ1v) is 10.1. The van der Waals surface area contributed by atoms with Gasteiger partial charge in [0.15, 0.2) is 0 Å². The highest BCUT2D eigenvalue weighted by Gasteiger charge is 2.26. The lowest BCUT2D eigenvalue weighted by molar-refractivity contribution is -0.117. The summed E-state index contributed by atoms with van der Waals surface area (Å²) in [7, 11) is 1.60. The van der Waals surface area contributed by atoms with Gasteiger partial charge in [-0.1, -0.05) is 24.3 Å². The molecule has 3 aromatic carbocycles. The average Bonchev–Trinajstić information content (AvgIpc) is 2.79. The Hall–Kier alpha value is -3.60. The second kappa shape index (κ2) is 8.82. The van der Waals surface area contributed by atoms with Crippen LogP contribution in [0.25, 0.3) is 0 Å². The van der Waals surface area contributed by atoms with Crippen molar-refractivity contribution >= 4 is 23.2 Å². The molecular weight excluding hydrogens is 376 g/mol. The molecule has 0 heterocycles. The zero-order valence-electron chi connectivity index (χ0n) is 16.9. The molecule has 5 heteroatoms. The number of carbonyl (C=O) groups excluding carboxylic acids is 2. The zero-order chi connectivity index (χ0) is 20.9. The van der Waals surface area contributed by atoms with Crippen LogP contribution in [0.2, 0.25) is 0 Å². The zero-order valence-corrected chi connectivity index (χ0v) is 16.9. The third kappa shape index (κ3) is 4.35. The molecule has 0 spiro atoms. The predicted octanol–water partition coefficient (Wildman–Crippen LogP) is 5.01. The van der Waals surface area contributed by atoms with Crippen LogP contribution in [0.4, 0.5) is 11.4 Å². The van der Waals surface area contributed by atoms with E-state index in [1.165, 1.54) is 5.56 Å². The number of hydrogen-bond acceptors (Lipinski definition) is 3. The van der Waals surface area contributed by atoms with Crippen LogP contribution in [0.5, 0.6) is 5.75 Å². The maximum Gasteiger partial charge on any atom is 0.255 e. The van der Waals surface area contributed by atoms with Crippen molar-refractivity contribution in [2.75, 3.05) is 17.7 Å². The van der Waals surface area contributed by atoms with Crippen LogP contribution in [0.15, 0.2) is 72.8 Å². The Balaban J connectivity index is 1.40. The number of fused-ring (bicyclic) bond motifs is 1. The molecule has 2 N–H and O–H groups in total. The molecule has 0 unspecified atom stereocenters. The number of anilines is 2. The van der Waals surface area contributed by atoms with Crippen LogP contribution in [0, 0.1) is 0 Å². The number of nitrogens with one attached hydrogen (secondary N) is 2. The minimum Gasteiger partial charge on any atom is -0.497 e. The monoisotopic (exact) mass is 400 g/mol. The molecule has 0 saturated heterocycles. The molecule has 152 valence electrons. The smallest absolute Gasteiger partial charge is 0.255 e. The van der Waals surface area contributed by atoms with Crippen molar-refractivity contribution < 1.29 is 14.3 Å².